The van der Waals surface area contributed by atoms with Gasteiger partial charge in [0.2, 0.25) is 5.78 Å². The van der Waals surface area contributed by atoms with E-state index in [1.54, 1.807) is 13.8 Å². The Hall–Kier alpha value is -2.67. The fourth-order valence-corrected chi connectivity index (χ4v) is 2.81. The van der Waals surface area contributed by atoms with Crippen molar-refractivity contribution in [3.63, 3.8) is 0 Å². The number of carbonyl (C=O) groups excluding carboxylic acids is 3. The third-order valence-electron chi connectivity index (χ3n) is 4.05. The molecular formula is C19H22O7. The van der Waals surface area contributed by atoms with E-state index >= 15 is 0 Å². The number of hydrogen-bond acceptors (Lipinski definition) is 7. The van der Waals surface area contributed by atoms with Crippen LogP contribution in [0.25, 0.3) is 0 Å². The molecule has 0 unspecified atom stereocenters. The molecule has 0 amide bonds. The minimum atomic E-state index is -1.26. The Balaban J connectivity index is 2.74. The highest BCUT2D eigenvalue weighted by molar-refractivity contribution is 6.09. The number of hydrogen-bond donors (Lipinski definition) is 0. The van der Waals surface area contributed by atoms with Gasteiger partial charge in [-0.2, -0.15) is 0 Å². The summed E-state index contributed by atoms with van der Waals surface area (Å²) in [6.45, 7) is 7.80. The van der Waals surface area contributed by atoms with Gasteiger partial charge in [-0.05, 0) is 26.8 Å². The second-order valence-electron chi connectivity index (χ2n) is 6.33. The fourth-order valence-electron chi connectivity index (χ4n) is 2.81. The lowest BCUT2D eigenvalue weighted by Crippen LogP contribution is -2.34. The first kappa shape index (κ1) is 19.7. The lowest BCUT2D eigenvalue weighted by molar-refractivity contribution is -0.148. The highest BCUT2D eigenvalue weighted by Crippen LogP contribution is 2.44. The maximum Gasteiger partial charge on any atom is 0.316 e. The molecule has 2 rings (SSSR count). The SMILES string of the molecule is C=CCOC(=O)C(C)(C)c1c(C(C)=O)cc2c(c1OCOC)C(=O)CO2. The van der Waals surface area contributed by atoms with Crippen LogP contribution >= 0.6 is 0 Å². The number of ether oxygens (including phenoxy) is 4. The van der Waals surface area contributed by atoms with Crippen molar-refractivity contribution in [2.24, 2.45) is 0 Å². The Bertz CT molecular complexity index is 762. The number of fused-ring (bicyclic) bond motifs is 1. The van der Waals surface area contributed by atoms with Crippen molar-refractivity contribution in [3.05, 3.63) is 35.4 Å². The molecule has 0 atom stereocenters. The summed E-state index contributed by atoms with van der Waals surface area (Å²) in [6.07, 6.45) is 1.45. The molecule has 0 bridgehead atoms. The number of esters is 1. The average molecular weight is 362 g/mol. The van der Waals surface area contributed by atoms with Crippen molar-refractivity contribution in [2.45, 2.75) is 26.2 Å². The molecule has 0 saturated heterocycles. The van der Waals surface area contributed by atoms with E-state index in [0.29, 0.717) is 0 Å². The Morgan fingerprint density at radius 1 is 1.38 bits per heavy atom. The summed E-state index contributed by atoms with van der Waals surface area (Å²) < 4.78 is 21.1. The molecule has 140 valence electrons. The molecule has 1 aliphatic rings. The molecule has 7 nitrogen and oxygen atoms in total. The van der Waals surface area contributed by atoms with Crippen molar-refractivity contribution in [2.75, 3.05) is 27.1 Å². The van der Waals surface area contributed by atoms with Crippen molar-refractivity contribution in [1.29, 1.82) is 0 Å². The predicted molar refractivity (Wildman–Crippen MR) is 93.0 cm³/mol. The van der Waals surface area contributed by atoms with E-state index in [0.717, 1.165) is 0 Å². The first-order valence-corrected chi connectivity index (χ1v) is 8.04. The molecule has 0 N–H and O–H groups in total. The molecule has 1 aromatic rings. The molecule has 26 heavy (non-hydrogen) atoms. The van der Waals surface area contributed by atoms with Crippen LogP contribution in [0.5, 0.6) is 11.5 Å². The molecule has 7 heteroatoms. The zero-order valence-corrected chi connectivity index (χ0v) is 15.3. The Kier molecular flexibility index (Phi) is 5.82. The molecule has 0 spiro atoms. The van der Waals surface area contributed by atoms with E-state index in [1.807, 2.05) is 0 Å². The minimum Gasteiger partial charge on any atom is -0.485 e. The number of Topliss-reactive ketones (excluding diaryl/α,β-unsaturated/α-hetero) is 2. The molecule has 0 aromatic heterocycles. The van der Waals surface area contributed by atoms with E-state index in [4.69, 9.17) is 18.9 Å². The Labute approximate surface area is 151 Å². The number of rotatable bonds is 8. The van der Waals surface area contributed by atoms with Gasteiger partial charge in [0.05, 0.1) is 5.41 Å². The van der Waals surface area contributed by atoms with Crippen LogP contribution in [0.3, 0.4) is 0 Å². The molecule has 0 fully saturated rings. The van der Waals surface area contributed by atoms with Crippen molar-refractivity contribution in [1.82, 2.24) is 0 Å². The summed E-state index contributed by atoms with van der Waals surface area (Å²) >= 11 is 0. The minimum absolute atomic E-state index is 0.0267. The fraction of sp³-hybridized carbons (Fsp3) is 0.421. The second-order valence-corrected chi connectivity index (χ2v) is 6.33. The van der Waals surface area contributed by atoms with Gasteiger partial charge in [0.15, 0.2) is 19.2 Å². The average Bonchev–Trinajstić information content (AvgIpc) is 2.97. The largest absolute Gasteiger partial charge is 0.485 e. The normalized spacial score (nSPS) is 13.0. The molecule has 0 aliphatic carbocycles. The van der Waals surface area contributed by atoms with Crippen LogP contribution < -0.4 is 9.47 Å². The lowest BCUT2D eigenvalue weighted by Gasteiger charge is -2.28. The third kappa shape index (κ3) is 3.48. The van der Waals surface area contributed by atoms with Crippen molar-refractivity contribution < 1.29 is 33.3 Å². The van der Waals surface area contributed by atoms with Crippen LogP contribution in [0.4, 0.5) is 0 Å². The summed E-state index contributed by atoms with van der Waals surface area (Å²) in [6, 6.07) is 1.47. The van der Waals surface area contributed by atoms with Crippen LogP contribution in [-0.2, 0) is 19.7 Å². The van der Waals surface area contributed by atoms with E-state index in [-0.39, 0.29) is 59.8 Å². The highest BCUT2D eigenvalue weighted by atomic mass is 16.7. The van der Waals surface area contributed by atoms with Crippen molar-refractivity contribution >= 4 is 17.5 Å². The smallest absolute Gasteiger partial charge is 0.316 e. The van der Waals surface area contributed by atoms with Crippen LogP contribution in [0.15, 0.2) is 18.7 Å². The topological polar surface area (TPSA) is 88.1 Å². The Morgan fingerprint density at radius 3 is 2.65 bits per heavy atom. The zero-order valence-electron chi connectivity index (χ0n) is 15.3. The van der Waals surface area contributed by atoms with Gasteiger partial charge in [-0.1, -0.05) is 12.7 Å². The number of methoxy groups -OCH3 is 1. The summed E-state index contributed by atoms with van der Waals surface area (Å²) in [4.78, 5) is 37.2. The molecule has 0 radical (unpaired) electrons. The predicted octanol–water partition coefficient (Wildman–Crippen LogP) is 2.45. The van der Waals surface area contributed by atoms with Gasteiger partial charge >= 0.3 is 5.97 Å². The van der Waals surface area contributed by atoms with Crippen LogP contribution in [0.2, 0.25) is 0 Å². The van der Waals surface area contributed by atoms with Crippen LogP contribution in [-0.4, -0.2) is 44.7 Å². The van der Waals surface area contributed by atoms with Gasteiger partial charge in [0, 0.05) is 18.2 Å². The molecule has 1 aromatic carbocycles. The van der Waals surface area contributed by atoms with Gasteiger partial charge in [0.25, 0.3) is 0 Å². The van der Waals surface area contributed by atoms with Gasteiger partial charge < -0.3 is 18.9 Å². The van der Waals surface area contributed by atoms with Gasteiger partial charge in [-0.25, -0.2) is 0 Å². The van der Waals surface area contributed by atoms with Gasteiger partial charge in [-0.3, -0.25) is 14.4 Å². The molecule has 1 aliphatic heterocycles. The number of carbonyl (C=O) groups is 3. The first-order valence-electron chi connectivity index (χ1n) is 8.04. The van der Waals surface area contributed by atoms with Gasteiger partial charge in [-0.15, -0.1) is 0 Å². The second kappa shape index (κ2) is 7.70. The highest BCUT2D eigenvalue weighted by Gasteiger charge is 2.41. The standard InChI is InChI=1S/C19H22O7/c1-6-7-24-18(22)19(3,4)16-12(11(2)20)8-14-15(13(21)9-25-14)17(16)26-10-23-5/h6,8H,1,7,9-10H2,2-5H3. The first-order chi connectivity index (χ1) is 12.3. The monoisotopic (exact) mass is 362 g/mol. The lowest BCUT2D eigenvalue weighted by atomic mass is 9.78. The zero-order chi connectivity index (χ0) is 19.5. The van der Waals surface area contributed by atoms with Crippen LogP contribution in [0.1, 0.15) is 47.1 Å². The third-order valence-corrected chi connectivity index (χ3v) is 4.05. The van der Waals surface area contributed by atoms with E-state index in [1.165, 1.54) is 26.2 Å². The molecular weight excluding hydrogens is 340 g/mol. The van der Waals surface area contributed by atoms with Crippen molar-refractivity contribution in [3.8, 4) is 11.5 Å². The number of benzene rings is 1. The number of ketones is 2. The molecule has 0 saturated carbocycles. The maximum atomic E-state index is 12.6. The Morgan fingerprint density at radius 2 is 2.08 bits per heavy atom. The summed E-state index contributed by atoms with van der Waals surface area (Å²) in [7, 11) is 1.43. The van der Waals surface area contributed by atoms with E-state index < -0.39 is 11.4 Å². The van der Waals surface area contributed by atoms with E-state index in [9.17, 15) is 14.4 Å². The van der Waals surface area contributed by atoms with Crippen LogP contribution in [0, 0.1) is 0 Å². The maximum absolute atomic E-state index is 12.6. The molecule has 1 heterocycles. The summed E-state index contributed by atoms with van der Waals surface area (Å²) in [5, 5.41) is 0. The quantitative estimate of drug-likeness (QED) is 0.304. The van der Waals surface area contributed by atoms with E-state index in [2.05, 4.69) is 6.58 Å². The summed E-state index contributed by atoms with van der Waals surface area (Å²) in [5.74, 6) is -0.799. The van der Waals surface area contributed by atoms with Gasteiger partial charge in [0.1, 0.15) is 23.7 Å². The summed E-state index contributed by atoms with van der Waals surface area (Å²) in [5.41, 5.74) is -0.559.